The topological polar surface area (TPSA) is 41.3 Å². The van der Waals surface area contributed by atoms with Gasteiger partial charge in [-0.05, 0) is 45.0 Å². The smallest absolute Gasteiger partial charge is 0.0440 e. The molecule has 0 aliphatic carbocycles. The average Bonchev–Trinajstić information content (AvgIpc) is 2.93. The summed E-state index contributed by atoms with van der Waals surface area (Å²) in [5.74, 6) is 5.90. The Morgan fingerprint density at radius 1 is 1.20 bits per heavy atom. The van der Waals surface area contributed by atoms with E-state index in [1.165, 1.54) is 9.75 Å². The van der Waals surface area contributed by atoms with Crippen LogP contribution in [0.15, 0.2) is 12.1 Å². The number of nitrogens with two attached hydrogens (primary N) is 1. The summed E-state index contributed by atoms with van der Waals surface area (Å²) in [6, 6.07) is 4.77. The van der Waals surface area contributed by atoms with E-state index in [0.717, 1.165) is 32.4 Å². The van der Waals surface area contributed by atoms with E-state index in [1.54, 1.807) is 0 Å². The number of rotatable bonds is 9. The number of nitrogens with one attached hydrogen (secondary N) is 1. The molecule has 0 spiro atoms. The first-order valence-corrected chi connectivity index (χ1v) is 8.65. The van der Waals surface area contributed by atoms with Gasteiger partial charge in [0.1, 0.15) is 0 Å². The largest absolute Gasteiger partial charge is 0.297 e. The van der Waals surface area contributed by atoms with E-state index in [1.807, 2.05) is 11.3 Å². The van der Waals surface area contributed by atoms with Crippen LogP contribution in [0.3, 0.4) is 0 Å². The molecule has 0 bridgehead atoms. The van der Waals surface area contributed by atoms with Gasteiger partial charge in [-0.3, -0.25) is 16.2 Å². The first kappa shape index (κ1) is 17.6. The first-order valence-electron chi connectivity index (χ1n) is 7.84. The number of hydrogen-bond acceptors (Lipinski definition) is 4. The lowest BCUT2D eigenvalue weighted by Gasteiger charge is -2.45. The van der Waals surface area contributed by atoms with E-state index < -0.39 is 0 Å². The van der Waals surface area contributed by atoms with Crippen LogP contribution in [0.25, 0.3) is 0 Å². The van der Waals surface area contributed by atoms with Gasteiger partial charge in [-0.25, -0.2) is 0 Å². The average molecular weight is 298 g/mol. The Kier molecular flexibility index (Phi) is 7.17. The van der Waals surface area contributed by atoms with Crippen LogP contribution in [0.4, 0.5) is 0 Å². The lowest BCUT2D eigenvalue weighted by molar-refractivity contribution is 0.0704. The van der Waals surface area contributed by atoms with E-state index >= 15 is 0 Å². The second kappa shape index (κ2) is 8.13. The lowest BCUT2D eigenvalue weighted by atomic mass is 9.85. The molecule has 0 radical (unpaired) electrons. The summed E-state index contributed by atoms with van der Waals surface area (Å²) in [5.41, 5.74) is 3.18. The standard InChI is InChI=1S/C16H31N3S/c1-6-13-10-11-14(20-13)12-15(18-17)16(5,7-2)19(8-3)9-4/h10-11,15,18H,6-9,12,17H2,1-5H3. The molecule has 0 amide bonds. The lowest BCUT2D eigenvalue weighted by Crippen LogP contribution is -2.61. The first-order chi connectivity index (χ1) is 9.55. The molecule has 1 rings (SSSR count). The fourth-order valence-electron chi connectivity index (χ4n) is 3.02. The number of likely N-dealkylation sites (N-methyl/N-ethyl adjacent to an activating group) is 1. The summed E-state index contributed by atoms with van der Waals surface area (Å²) in [6.45, 7) is 13.4. The molecule has 0 saturated heterocycles. The third-order valence-corrected chi connectivity index (χ3v) is 5.88. The van der Waals surface area contributed by atoms with E-state index in [-0.39, 0.29) is 11.6 Å². The minimum absolute atomic E-state index is 0.0919. The number of thiophene rings is 1. The van der Waals surface area contributed by atoms with E-state index in [0.29, 0.717) is 0 Å². The molecule has 3 N–H and O–H groups in total. The molecule has 1 aromatic rings. The van der Waals surface area contributed by atoms with Crippen LogP contribution in [0.2, 0.25) is 0 Å². The summed E-state index contributed by atoms with van der Waals surface area (Å²) < 4.78 is 0. The maximum absolute atomic E-state index is 5.90. The van der Waals surface area contributed by atoms with E-state index in [4.69, 9.17) is 5.84 Å². The van der Waals surface area contributed by atoms with E-state index in [9.17, 15) is 0 Å². The van der Waals surface area contributed by atoms with Crippen molar-refractivity contribution >= 4 is 11.3 Å². The van der Waals surface area contributed by atoms with Gasteiger partial charge in [0.05, 0.1) is 0 Å². The van der Waals surface area contributed by atoms with Gasteiger partial charge in [0, 0.05) is 27.8 Å². The third kappa shape index (κ3) is 3.82. The zero-order valence-electron chi connectivity index (χ0n) is 13.7. The highest BCUT2D eigenvalue weighted by Gasteiger charge is 2.36. The number of nitrogens with zero attached hydrogens (tertiary/aromatic N) is 1. The number of hydrogen-bond donors (Lipinski definition) is 2. The molecule has 4 heteroatoms. The van der Waals surface area contributed by atoms with Gasteiger partial charge in [-0.2, -0.15) is 0 Å². The summed E-state index contributed by atoms with van der Waals surface area (Å²) in [6.07, 6.45) is 3.21. The highest BCUT2D eigenvalue weighted by molar-refractivity contribution is 7.11. The minimum Gasteiger partial charge on any atom is -0.297 e. The molecule has 2 unspecified atom stereocenters. The Morgan fingerprint density at radius 3 is 2.20 bits per heavy atom. The number of hydrazine groups is 1. The summed E-state index contributed by atoms with van der Waals surface area (Å²) in [5, 5.41) is 0. The molecule has 0 aromatic carbocycles. The molecule has 0 aliphatic heterocycles. The summed E-state index contributed by atoms with van der Waals surface area (Å²) in [7, 11) is 0. The molecular formula is C16H31N3S. The highest BCUT2D eigenvalue weighted by Crippen LogP contribution is 2.28. The quantitative estimate of drug-likeness (QED) is 0.543. The molecule has 0 saturated carbocycles. The molecule has 0 fully saturated rings. The molecule has 20 heavy (non-hydrogen) atoms. The van der Waals surface area contributed by atoms with Crippen molar-refractivity contribution in [3.63, 3.8) is 0 Å². The Morgan fingerprint density at radius 2 is 1.80 bits per heavy atom. The van der Waals surface area contributed by atoms with Gasteiger partial charge < -0.3 is 0 Å². The van der Waals surface area contributed by atoms with Crippen molar-refractivity contribution in [2.45, 2.75) is 65.5 Å². The Hall–Kier alpha value is -0.420. The van der Waals surface area contributed by atoms with Crippen LogP contribution < -0.4 is 11.3 Å². The second-order valence-corrected chi connectivity index (χ2v) is 6.78. The minimum atomic E-state index is 0.0919. The Balaban J connectivity index is 2.91. The molecule has 116 valence electrons. The van der Waals surface area contributed by atoms with Crippen LogP contribution >= 0.6 is 11.3 Å². The molecule has 1 aromatic heterocycles. The van der Waals surface area contributed by atoms with Gasteiger partial charge in [-0.15, -0.1) is 11.3 Å². The molecular weight excluding hydrogens is 266 g/mol. The fourth-order valence-corrected chi connectivity index (χ4v) is 4.02. The molecule has 0 aliphatic rings. The van der Waals surface area contributed by atoms with Crippen LogP contribution in [0.1, 0.15) is 50.8 Å². The van der Waals surface area contributed by atoms with Gasteiger partial charge in [0.2, 0.25) is 0 Å². The summed E-state index contributed by atoms with van der Waals surface area (Å²) >= 11 is 1.92. The van der Waals surface area contributed by atoms with Crippen molar-refractivity contribution in [2.75, 3.05) is 13.1 Å². The van der Waals surface area contributed by atoms with Gasteiger partial charge in [-0.1, -0.05) is 27.7 Å². The van der Waals surface area contributed by atoms with Gasteiger partial charge >= 0.3 is 0 Å². The van der Waals surface area contributed by atoms with Crippen LogP contribution in [0.5, 0.6) is 0 Å². The Bertz CT molecular complexity index is 387. The van der Waals surface area contributed by atoms with E-state index in [2.05, 4.69) is 57.1 Å². The van der Waals surface area contributed by atoms with Crippen molar-refractivity contribution in [3.8, 4) is 0 Å². The van der Waals surface area contributed by atoms with Crippen LogP contribution in [0, 0.1) is 0 Å². The molecule has 1 heterocycles. The van der Waals surface area contributed by atoms with Gasteiger partial charge in [0.15, 0.2) is 0 Å². The monoisotopic (exact) mass is 297 g/mol. The molecule has 2 atom stereocenters. The van der Waals surface area contributed by atoms with Crippen molar-refractivity contribution < 1.29 is 0 Å². The third-order valence-electron chi connectivity index (χ3n) is 4.62. The maximum atomic E-state index is 5.90. The fraction of sp³-hybridized carbons (Fsp3) is 0.750. The maximum Gasteiger partial charge on any atom is 0.0440 e. The Labute approximate surface area is 128 Å². The SMILES string of the molecule is CCc1ccc(CC(NN)C(C)(CC)N(CC)CC)s1. The number of aryl methyl sites for hydroxylation is 1. The zero-order valence-corrected chi connectivity index (χ0v) is 14.5. The second-order valence-electron chi connectivity index (χ2n) is 5.53. The highest BCUT2D eigenvalue weighted by atomic mass is 32.1. The van der Waals surface area contributed by atoms with Crippen molar-refractivity contribution in [1.82, 2.24) is 10.3 Å². The van der Waals surface area contributed by atoms with Gasteiger partial charge in [0.25, 0.3) is 0 Å². The zero-order chi connectivity index (χ0) is 15.2. The molecule has 3 nitrogen and oxygen atoms in total. The van der Waals surface area contributed by atoms with Crippen LogP contribution in [-0.2, 0) is 12.8 Å². The predicted octanol–water partition coefficient (Wildman–Crippen LogP) is 3.20. The summed E-state index contributed by atoms with van der Waals surface area (Å²) in [4.78, 5) is 5.40. The van der Waals surface area contributed by atoms with Crippen molar-refractivity contribution in [1.29, 1.82) is 0 Å². The predicted molar refractivity (Wildman–Crippen MR) is 90.1 cm³/mol. The van der Waals surface area contributed by atoms with Crippen molar-refractivity contribution in [2.24, 2.45) is 5.84 Å². The normalized spacial score (nSPS) is 16.4. The van der Waals surface area contributed by atoms with Crippen molar-refractivity contribution in [3.05, 3.63) is 21.9 Å². The van der Waals surface area contributed by atoms with Crippen LogP contribution in [-0.4, -0.2) is 29.6 Å².